The zero-order valence-electron chi connectivity index (χ0n) is 10.7. The molecule has 6 heteroatoms. The lowest BCUT2D eigenvalue weighted by Crippen LogP contribution is -2.38. The van der Waals surface area contributed by atoms with Crippen molar-refractivity contribution in [3.8, 4) is 0 Å². The van der Waals surface area contributed by atoms with Crippen molar-refractivity contribution in [3.05, 3.63) is 0 Å². The molecule has 0 bridgehead atoms. The van der Waals surface area contributed by atoms with Crippen LogP contribution in [0.15, 0.2) is 0 Å². The molecule has 0 aliphatic rings. The Bertz CT molecular complexity index is 348. The maximum absolute atomic E-state index is 11.6. The molecule has 0 saturated carbocycles. The standard InChI is InChI=1S/C10H20O5S/c1-8(11)14-10(5,6)7-16(12,13)15-9(2,3)4/h7H2,1-6H3. The summed E-state index contributed by atoms with van der Waals surface area (Å²) in [5, 5.41) is 0. The SMILES string of the molecule is CC(=O)OC(C)(C)CS(=O)(=O)OC(C)(C)C. The highest BCUT2D eigenvalue weighted by molar-refractivity contribution is 7.86. The van der Waals surface area contributed by atoms with E-state index in [1.807, 2.05) is 0 Å². The van der Waals surface area contributed by atoms with E-state index in [0.717, 1.165) is 0 Å². The largest absolute Gasteiger partial charge is 0.459 e. The Labute approximate surface area is 97.2 Å². The Morgan fingerprint density at radius 3 is 1.88 bits per heavy atom. The van der Waals surface area contributed by atoms with Gasteiger partial charge in [0.05, 0.1) is 5.60 Å². The predicted molar refractivity (Wildman–Crippen MR) is 60.5 cm³/mol. The minimum atomic E-state index is -3.72. The van der Waals surface area contributed by atoms with Gasteiger partial charge in [0, 0.05) is 6.92 Å². The second-order valence-corrected chi connectivity index (χ2v) is 6.82. The first-order valence-electron chi connectivity index (χ1n) is 4.96. The number of hydrogen-bond donors (Lipinski definition) is 0. The highest BCUT2D eigenvalue weighted by atomic mass is 32.2. The van der Waals surface area contributed by atoms with Gasteiger partial charge in [0.1, 0.15) is 11.4 Å². The minimum Gasteiger partial charge on any atom is -0.459 e. The van der Waals surface area contributed by atoms with E-state index in [1.165, 1.54) is 20.8 Å². The van der Waals surface area contributed by atoms with Crippen molar-refractivity contribution in [3.63, 3.8) is 0 Å². The Balaban J connectivity index is 4.65. The number of carbonyl (C=O) groups excluding carboxylic acids is 1. The maximum atomic E-state index is 11.6. The average molecular weight is 252 g/mol. The van der Waals surface area contributed by atoms with Gasteiger partial charge in [-0.2, -0.15) is 8.42 Å². The molecule has 0 radical (unpaired) electrons. The van der Waals surface area contributed by atoms with Gasteiger partial charge in [0.25, 0.3) is 10.1 Å². The van der Waals surface area contributed by atoms with Crippen molar-refractivity contribution in [1.29, 1.82) is 0 Å². The van der Waals surface area contributed by atoms with E-state index in [0.29, 0.717) is 0 Å². The van der Waals surface area contributed by atoms with E-state index in [2.05, 4.69) is 0 Å². The summed E-state index contributed by atoms with van der Waals surface area (Å²) in [5.74, 6) is -0.882. The smallest absolute Gasteiger partial charge is 0.303 e. The summed E-state index contributed by atoms with van der Waals surface area (Å²) >= 11 is 0. The van der Waals surface area contributed by atoms with Gasteiger partial charge in [-0.05, 0) is 34.6 Å². The summed E-state index contributed by atoms with van der Waals surface area (Å²) in [4.78, 5) is 10.8. The monoisotopic (exact) mass is 252 g/mol. The molecule has 96 valence electrons. The average Bonchev–Trinajstić information content (AvgIpc) is 1.69. The van der Waals surface area contributed by atoms with Crippen LogP contribution in [0.2, 0.25) is 0 Å². The molecule has 0 N–H and O–H groups in total. The molecule has 0 atom stereocenters. The normalized spacial score (nSPS) is 13.6. The lowest BCUT2D eigenvalue weighted by atomic mass is 10.2. The third kappa shape index (κ3) is 7.64. The van der Waals surface area contributed by atoms with Crippen LogP contribution in [-0.2, 0) is 23.8 Å². The first-order valence-corrected chi connectivity index (χ1v) is 6.54. The predicted octanol–water partition coefficient (Wildman–Crippen LogP) is 1.47. The van der Waals surface area contributed by atoms with E-state index in [-0.39, 0.29) is 5.75 Å². The van der Waals surface area contributed by atoms with Crippen LogP contribution in [0.5, 0.6) is 0 Å². The van der Waals surface area contributed by atoms with Gasteiger partial charge < -0.3 is 4.74 Å². The van der Waals surface area contributed by atoms with Crippen molar-refractivity contribution in [2.24, 2.45) is 0 Å². The summed E-state index contributed by atoms with van der Waals surface area (Å²) in [5.41, 5.74) is -1.87. The van der Waals surface area contributed by atoms with Gasteiger partial charge in [-0.1, -0.05) is 0 Å². The summed E-state index contributed by atoms with van der Waals surface area (Å²) < 4.78 is 33.1. The Morgan fingerprint density at radius 2 is 1.56 bits per heavy atom. The third-order valence-electron chi connectivity index (χ3n) is 1.32. The van der Waals surface area contributed by atoms with Gasteiger partial charge in [0.15, 0.2) is 0 Å². The summed E-state index contributed by atoms with van der Waals surface area (Å²) in [7, 11) is -3.72. The van der Waals surface area contributed by atoms with Crippen LogP contribution in [0.3, 0.4) is 0 Å². The van der Waals surface area contributed by atoms with E-state index in [4.69, 9.17) is 8.92 Å². The highest BCUT2D eigenvalue weighted by Gasteiger charge is 2.32. The Hall–Kier alpha value is -0.620. The number of rotatable bonds is 4. The summed E-state index contributed by atoms with van der Waals surface area (Å²) in [6.45, 7) is 9.21. The van der Waals surface area contributed by atoms with Crippen LogP contribution in [0.1, 0.15) is 41.5 Å². The van der Waals surface area contributed by atoms with Gasteiger partial charge in [-0.25, -0.2) is 0 Å². The van der Waals surface area contributed by atoms with Gasteiger partial charge in [-0.3, -0.25) is 8.98 Å². The molecule has 0 aliphatic carbocycles. The van der Waals surface area contributed by atoms with Crippen LogP contribution in [0.25, 0.3) is 0 Å². The topological polar surface area (TPSA) is 69.7 Å². The number of esters is 1. The molecule has 0 aromatic rings. The van der Waals surface area contributed by atoms with Crippen LogP contribution >= 0.6 is 0 Å². The van der Waals surface area contributed by atoms with Gasteiger partial charge in [-0.15, -0.1) is 0 Å². The number of hydrogen-bond acceptors (Lipinski definition) is 5. The minimum absolute atomic E-state index is 0.364. The molecule has 0 aliphatic heterocycles. The van der Waals surface area contributed by atoms with Crippen LogP contribution in [0.4, 0.5) is 0 Å². The Kier molecular flexibility index (Phi) is 4.53. The van der Waals surface area contributed by atoms with Crippen molar-refractivity contribution in [1.82, 2.24) is 0 Å². The molecular formula is C10H20O5S. The number of carbonyl (C=O) groups is 1. The van der Waals surface area contributed by atoms with Crippen molar-refractivity contribution in [2.45, 2.75) is 52.7 Å². The molecule has 0 saturated heterocycles. The highest BCUT2D eigenvalue weighted by Crippen LogP contribution is 2.18. The Morgan fingerprint density at radius 1 is 1.12 bits per heavy atom. The fraction of sp³-hybridized carbons (Fsp3) is 0.900. The molecular weight excluding hydrogens is 232 g/mol. The van der Waals surface area contributed by atoms with Gasteiger partial charge in [0.2, 0.25) is 0 Å². The third-order valence-corrected chi connectivity index (χ3v) is 3.12. The number of ether oxygens (including phenoxy) is 1. The first-order chi connectivity index (χ1) is 6.83. The summed E-state index contributed by atoms with van der Waals surface area (Å²) in [6.07, 6.45) is 0. The van der Waals surface area contributed by atoms with Crippen molar-refractivity contribution in [2.75, 3.05) is 5.75 Å². The quantitative estimate of drug-likeness (QED) is 0.560. The zero-order chi connectivity index (χ0) is 13.2. The molecule has 16 heavy (non-hydrogen) atoms. The van der Waals surface area contributed by atoms with Crippen molar-refractivity contribution < 1.29 is 22.1 Å². The second-order valence-electron chi connectivity index (χ2n) is 5.25. The molecule has 0 aromatic carbocycles. The molecule has 0 spiro atoms. The summed E-state index contributed by atoms with van der Waals surface area (Å²) in [6, 6.07) is 0. The van der Waals surface area contributed by atoms with E-state index in [1.54, 1.807) is 20.8 Å². The van der Waals surface area contributed by atoms with Gasteiger partial charge >= 0.3 is 5.97 Å². The second kappa shape index (κ2) is 4.71. The molecule has 0 aromatic heterocycles. The van der Waals surface area contributed by atoms with Crippen molar-refractivity contribution >= 4 is 16.1 Å². The molecule has 0 amide bonds. The molecule has 0 unspecified atom stereocenters. The lowest BCUT2D eigenvalue weighted by Gasteiger charge is -2.26. The van der Waals surface area contributed by atoms with Crippen LogP contribution in [-0.4, -0.2) is 31.3 Å². The fourth-order valence-electron chi connectivity index (χ4n) is 1.25. The molecule has 5 nitrogen and oxygen atoms in total. The van der Waals surface area contributed by atoms with E-state index < -0.39 is 27.3 Å². The maximum Gasteiger partial charge on any atom is 0.303 e. The van der Waals surface area contributed by atoms with Crippen LogP contribution in [0, 0.1) is 0 Å². The fourth-order valence-corrected chi connectivity index (χ4v) is 2.99. The van der Waals surface area contributed by atoms with E-state index in [9.17, 15) is 13.2 Å². The molecule has 0 fully saturated rings. The van der Waals surface area contributed by atoms with E-state index >= 15 is 0 Å². The zero-order valence-corrected chi connectivity index (χ0v) is 11.5. The molecule has 0 rings (SSSR count). The lowest BCUT2D eigenvalue weighted by molar-refractivity contribution is -0.151. The first kappa shape index (κ1) is 15.4. The van der Waals surface area contributed by atoms with Crippen LogP contribution < -0.4 is 0 Å². The molecule has 0 heterocycles.